The maximum absolute atomic E-state index is 6.18. The van der Waals surface area contributed by atoms with Crippen molar-refractivity contribution in [2.75, 3.05) is 31.2 Å². The molecule has 0 spiro atoms. The molecule has 2 aliphatic heterocycles. The minimum Gasteiger partial charge on any atom is -0.378 e. The number of aliphatic imine (C=N–C) groups is 1. The molecule has 0 amide bonds. The number of nitrogens with one attached hydrogen (secondary N) is 1. The van der Waals surface area contributed by atoms with E-state index in [4.69, 9.17) is 15.5 Å². The number of rotatable bonds is 2. The van der Waals surface area contributed by atoms with Gasteiger partial charge in [0.2, 0.25) is 0 Å². The van der Waals surface area contributed by atoms with Crippen LogP contribution in [-0.2, 0) is 11.2 Å². The molecule has 6 heteroatoms. The van der Waals surface area contributed by atoms with Gasteiger partial charge in [-0.2, -0.15) is 0 Å². The van der Waals surface area contributed by atoms with Gasteiger partial charge < -0.3 is 20.7 Å². The van der Waals surface area contributed by atoms with Gasteiger partial charge >= 0.3 is 0 Å². The minimum absolute atomic E-state index is 0.0215. The van der Waals surface area contributed by atoms with E-state index in [2.05, 4.69) is 68.6 Å². The van der Waals surface area contributed by atoms with Gasteiger partial charge in [0.25, 0.3) is 0 Å². The van der Waals surface area contributed by atoms with Crippen LogP contribution < -0.4 is 16.0 Å². The Kier molecular flexibility index (Phi) is 4.61. The van der Waals surface area contributed by atoms with Gasteiger partial charge in [-0.05, 0) is 53.8 Å². The molecule has 0 bridgehead atoms. The Labute approximate surface area is 173 Å². The van der Waals surface area contributed by atoms with Crippen LogP contribution in [0, 0.1) is 0 Å². The molecule has 0 saturated carbocycles. The molecule has 1 unspecified atom stereocenters. The summed E-state index contributed by atoms with van der Waals surface area (Å²) < 4.78 is 6.57. The molecular formula is C22H23BrN4O. The Balaban J connectivity index is 1.49. The molecule has 3 N–H and O–H groups in total. The minimum atomic E-state index is -0.0215. The van der Waals surface area contributed by atoms with Gasteiger partial charge in [-0.25, -0.2) is 4.99 Å². The largest absolute Gasteiger partial charge is 0.378 e. The number of fused-ring (bicyclic) bond motifs is 2. The third kappa shape index (κ3) is 3.20. The summed E-state index contributed by atoms with van der Waals surface area (Å²) in [5.41, 5.74) is 13.6. The van der Waals surface area contributed by atoms with E-state index in [0.29, 0.717) is 5.96 Å². The first-order chi connectivity index (χ1) is 13.7. The molecule has 3 aliphatic rings. The lowest BCUT2D eigenvalue weighted by atomic mass is 9.83. The van der Waals surface area contributed by atoms with Crippen molar-refractivity contribution < 1.29 is 4.74 Å². The Morgan fingerprint density at radius 2 is 1.86 bits per heavy atom. The highest BCUT2D eigenvalue weighted by atomic mass is 79.9. The zero-order valence-electron chi connectivity index (χ0n) is 15.6. The maximum Gasteiger partial charge on any atom is 0.194 e. The number of halogens is 1. The van der Waals surface area contributed by atoms with Crippen molar-refractivity contribution in [3.63, 3.8) is 0 Å². The third-order valence-electron chi connectivity index (χ3n) is 5.76. The predicted octanol–water partition coefficient (Wildman–Crippen LogP) is 3.60. The number of aryl methyl sites for hydroxylation is 1. The van der Waals surface area contributed by atoms with E-state index in [1.807, 2.05) is 0 Å². The molecule has 2 heterocycles. The highest BCUT2D eigenvalue weighted by molar-refractivity contribution is 9.10. The number of benzene rings is 2. The maximum atomic E-state index is 6.18. The fourth-order valence-electron chi connectivity index (χ4n) is 4.34. The van der Waals surface area contributed by atoms with Gasteiger partial charge in [0.15, 0.2) is 5.96 Å². The molecular weight excluding hydrogens is 416 g/mol. The van der Waals surface area contributed by atoms with Crippen molar-refractivity contribution in [1.29, 1.82) is 0 Å². The normalized spacial score (nSPS) is 21.5. The van der Waals surface area contributed by atoms with Gasteiger partial charge in [-0.1, -0.05) is 34.1 Å². The molecule has 1 saturated heterocycles. The van der Waals surface area contributed by atoms with Gasteiger partial charge in [0.1, 0.15) is 6.04 Å². The van der Waals surface area contributed by atoms with Crippen LogP contribution in [0.4, 0.5) is 5.69 Å². The number of morpholine rings is 1. The van der Waals surface area contributed by atoms with Crippen LogP contribution in [0.3, 0.4) is 0 Å². The number of nitrogens with two attached hydrogens (primary N) is 1. The molecule has 1 fully saturated rings. The standard InChI is InChI=1S/C22H23BrN4O/c23-16-4-8-18-15(13-16)3-7-19-20(25-22(24)26-21(18)19)14-1-5-17(6-2-14)27-9-11-28-12-10-27/h1-2,4-6,8,13,20H,3,7,9-12H2,(H3,24,25,26). The number of hydrogen-bond donors (Lipinski definition) is 2. The summed E-state index contributed by atoms with van der Waals surface area (Å²) in [6.45, 7) is 3.48. The molecule has 2 aromatic rings. The Bertz CT molecular complexity index is 961. The molecule has 28 heavy (non-hydrogen) atoms. The van der Waals surface area contributed by atoms with Crippen molar-refractivity contribution in [1.82, 2.24) is 5.32 Å². The van der Waals surface area contributed by atoms with E-state index in [0.717, 1.165) is 49.3 Å². The number of ether oxygens (including phenoxy) is 1. The number of nitrogens with zero attached hydrogens (tertiary/aromatic N) is 2. The van der Waals surface area contributed by atoms with E-state index in [1.165, 1.54) is 28.0 Å². The zero-order chi connectivity index (χ0) is 19.1. The van der Waals surface area contributed by atoms with Crippen LogP contribution in [0.1, 0.15) is 29.2 Å². The first-order valence-corrected chi connectivity index (χ1v) is 10.5. The van der Waals surface area contributed by atoms with E-state index in [9.17, 15) is 0 Å². The van der Waals surface area contributed by atoms with Crippen LogP contribution in [-0.4, -0.2) is 32.3 Å². The van der Waals surface area contributed by atoms with Crippen molar-refractivity contribution in [3.05, 3.63) is 69.2 Å². The third-order valence-corrected chi connectivity index (χ3v) is 6.25. The Morgan fingerprint density at radius 1 is 1.07 bits per heavy atom. The average Bonchev–Trinajstić information content (AvgIpc) is 2.73. The van der Waals surface area contributed by atoms with Crippen LogP contribution in [0.2, 0.25) is 0 Å². The smallest absolute Gasteiger partial charge is 0.194 e. The lowest BCUT2D eigenvalue weighted by Gasteiger charge is -2.32. The molecule has 5 nitrogen and oxygen atoms in total. The summed E-state index contributed by atoms with van der Waals surface area (Å²) in [5.74, 6) is 0.483. The van der Waals surface area contributed by atoms with E-state index >= 15 is 0 Å². The number of guanidine groups is 1. The summed E-state index contributed by atoms with van der Waals surface area (Å²) in [6.07, 6.45) is 2.01. The van der Waals surface area contributed by atoms with Crippen LogP contribution in [0.25, 0.3) is 5.70 Å². The number of hydrogen-bond acceptors (Lipinski definition) is 5. The van der Waals surface area contributed by atoms with Crippen LogP contribution in [0.5, 0.6) is 0 Å². The van der Waals surface area contributed by atoms with Gasteiger partial charge in [0, 0.05) is 28.8 Å². The summed E-state index contributed by atoms with van der Waals surface area (Å²) in [4.78, 5) is 7.12. The van der Waals surface area contributed by atoms with Gasteiger partial charge in [-0.3, -0.25) is 0 Å². The van der Waals surface area contributed by atoms with Crippen molar-refractivity contribution >= 4 is 33.3 Å². The molecule has 0 radical (unpaired) electrons. The molecule has 5 rings (SSSR count). The lowest BCUT2D eigenvalue weighted by molar-refractivity contribution is 0.122. The highest BCUT2D eigenvalue weighted by Crippen LogP contribution is 2.41. The van der Waals surface area contributed by atoms with Crippen LogP contribution in [0.15, 0.2) is 57.5 Å². The van der Waals surface area contributed by atoms with Crippen LogP contribution >= 0.6 is 15.9 Å². The van der Waals surface area contributed by atoms with Gasteiger partial charge in [0.05, 0.1) is 18.9 Å². The monoisotopic (exact) mass is 438 g/mol. The fraction of sp³-hybridized carbons (Fsp3) is 0.318. The fourth-order valence-corrected chi connectivity index (χ4v) is 4.75. The second-order valence-corrected chi connectivity index (χ2v) is 8.35. The second kappa shape index (κ2) is 7.26. The van der Waals surface area contributed by atoms with E-state index in [-0.39, 0.29) is 6.04 Å². The summed E-state index contributed by atoms with van der Waals surface area (Å²) in [7, 11) is 0. The molecule has 0 aromatic heterocycles. The summed E-state index contributed by atoms with van der Waals surface area (Å²) in [6, 6.07) is 15.2. The van der Waals surface area contributed by atoms with Crippen molar-refractivity contribution in [2.45, 2.75) is 18.9 Å². The van der Waals surface area contributed by atoms with E-state index in [1.54, 1.807) is 0 Å². The Morgan fingerprint density at radius 3 is 2.64 bits per heavy atom. The topological polar surface area (TPSA) is 62.9 Å². The SMILES string of the molecule is NC1=NC(c2ccc(N3CCOCC3)cc2)C2=C(N1)c1ccc(Br)cc1CC2. The lowest BCUT2D eigenvalue weighted by Crippen LogP contribution is -2.37. The van der Waals surface area contributed by atoms with Crippen molar-refractivity contribution in [3.8, 4) is 0 Å². The van der Waals surface area contributed by atoms with Gasteiger partial charge in [-0.15, -0.1) is 0 Å². The Hall–Kier alpha value is -2.31. The van der Waals surface area contributed by atoms with Crippen molar-refractivity contribution in [2.24, 2.45) is 10.7 Å². The molecule has 1 aliphatic carbocycles. The number of anilines is 1. The molecule has 1 atom stereocenters. The quantitative estimate of drug-likeness (QED) is 0.751. The zero-order valence-corrected chi connectivity index (χ0v) is 17.2. The molecule has 144 valence electrons. The molecule has 2 aromatic carbocycles. The first-order valence-electron chi connectivity index (χ1n) is 9.74. The first kappa shape index (κ1) is 17.8. The highest BCUT2D eigenvalue weighted by Gasteiger charge is 2.29. The predicted molar refractivity (Wildman–Crippen MR) is 116 cm³/mol. The van der Waals surface area contributed by atoms with E-state index < -0.39 is 0 Å². The average molecular weight is 439 g/mol. The summed E-state index contributed by atoms with van der Waals surface area (Å²) >= 11 is 3.58. The summed E-state index contributed by atoms with van der Waals surface area (Å²) in [5, 5.41) is 3.33. The second-order valence-electron chi connectivity index (χ2n) is 7.43.